The predicted molar refractivity (Wildman–Crippen MR) is 140 cm³/mol. The summed E-state index contributed by atoms with van der Waals surface area (Å²) in [4.78, 5) is 39.5. The van der Waals surface area contributed by atoms with E-state index in [2.05, 4.69) is 31.8 Å². The van der Waals surface area contributed by atoms with Crippen molar-refractivity contribution in [3.8, 4) is 5.75 Å². The number of nitrogens with one attached hydrogen (secondary N) is 2. The average molecular weight is 580 g/mol. The Hall–Kier alpha value is -2.95. The summed E-state index contributed by atoms with van der Waals surface area (Å²) in [5.41, 5.74) is 3.39. The van der Waals surface area contributed by atoms with Gasteiger partial charge in [0.1, 0.15) is 11.8 Å². The van der Waals surface area contributed by atoms with Crippen molar-refractivity contribution >= 4 is 51.5 Å². The summed E-state index contributed by atoms with van der Waals surface area (Å²) in [6.07, 6.45) is 1.42. The van der Waals surface area contributed by atoms with Gasteiger partial charge in [-0.15, -0.1) is 0 Å². The lowest BCUT2D eigenvalue weighted by Gasteiger charge is -2.26. The Balaban J connectivity index is 1.62. The Kier molecular flexibility index (Phi) is 10.3. The number of hydrogen-bond acceptors (Lipinski definition) is 6. The maximum Gasteiger partial charge on any atom is 0.262 e. The van der Waals surface area contributed by atoms with Gasteiger partial charge >= 0.3 is 0 Å². The molecule has 192 valence electrons. The molecule has 1 fully saturated rings. The number of carbonyl (C=O) groups is 3. The molecule has 1 unspecified atom stereocenters. The topological polar surface area (TPSA) is 109 Å². The Morgan fingerprint density at radius 1 is 1.19 bits per heavy atom. The van der Waals surface area contributed by atoms with Crippen molar-refractivity contribution in [3.63, 3.8) is 0 Å². The van der Waals surface area contributed by atoms with Crippen LogP contribution in [0.3, 0.4) is 0 Å². The van der Waals surface area contributed by atoms with E-state index in [1.807, 2.05) is 13.8 Å². The lowest BCUT2D eigenvalue weighted by Crippen LogP contribution is -2.48. The first kappa shape index (κ1) is 27.6. The molecular formula is C25H28BrClN4O5. The van der Waals surface area contributed by atoms with Gasteiger partial charge in [-0.3, -0.25) is 14.4 Å². The number of morpholine rings is 1. The van der Waals surface area contributed by atoms with Crippen molar-refractivity contribution < 1.29 is 23.9 Å². The van der Waals surface area contributed by atoms with Gasteiger partial charge in [0.25, 0.3) is 17.7 Å². The normalized spacial score (nSPS) is 14.5. The number of hydrogen-bond donors (Lipinski definition) is 2. The van der Waals surface area contributed by atoms with Crippen molar-refractivity contribution in [1.29, 1.82) is 0 Å². The van der Waals surface area contributed by atoms with E-state index < -0.39 is 17.9 Å². The Morgan fingerprint density at radius 3 is 2.64 bits per heavy atom. The third-order valence-electron chi connectivity index (χ3n) is 5.39. The highest BCUT2D eigenvalue weighted by Gasteiger charge is 2.24. The van der Waals surface area contributed by atoms with Crippen molar-refractivity contribution in [2.24, 2.45) is 11.0 Å². The third kappa shape index (κ3) is 8.04. The Morgan fingerprint density at radius 2 is 1.94 bits per heavy atom. The van der Waals surface area contributed by atoms with Crippen LogP contribution in [0.2, 0.25) is 5.02 Å². The minimum absolute atomic E-state index is 0.125. The molecule has 1 heterocycles. The van der Waals surface area contributed by atoms with Gasteiger partial charge < -0.3 is 19.7 Å². The summed E-state index contributed by atoms with van der Waals surface area (Å²) in [5.74, 6) is -0.779. The molecule has 0 aromatic heterocycles. The lowest BCUT2D eigenvalue weighted by molar-refractivity contribution is -0.137. The molecule has 9 nitrogen and oxygen atoms in total. The Bertz CT molecular complexity index is 1120. The smallest absolute Gasteiger partial charge is 0.262 e. The summed E-state index contributed by atoms with van der Waals surface area (Å²) in [7, 11) is 0. The number of halogens is 2. The highest BCUT2D eigenvalue weighted by Crippen LogP contribution is 2.22. The van der Waals surface area contributed by atoms with Gasteiger partial charge in [-0.05, 0) is 42.3 Å². The second kappa shape index (κ2) is 13.4. The van der Waals surface area contributed by atoms with Crippen molar-refractivity contribution in [2.75, 3.05) is 32.9 Å². The lowest BCUT2D eigenvalue weighted by atomic mass is 10.0. The highest BCUT2D eigenvalue weighted by atomic mass is 79.9. The van der Waals surface area contributed by atoms with Crippen LogP contribution in [0.5, 0.6) is 5.75 Å². The number of ether oxygens (including phenoxy) is 2. The summed E-state index contributed by atoms with van der Waals surface area (Å²) < 4.78 is 11.8. The molecule has 0 saturated carbocycles. The van der Waals surface area contributed by atoms with Gasteiger partial charge in [-0.2, -0.15) is 5.10 Å². The van der Waals surface area contributed by atoms with Crippen LogP contribution < -0.4 is 15.5 Å². The van der Waals surface area contributed by atoms with Crippen LogP contribution in [0, 0.1) is 5.92 Å². The first-order valence-electron chi connectivity index (χ1n) is 11.4. The SMILES string of the molecule is CC(C)C(NC(=O)c1cccc(Cl)c1)C(=O)NN=Cc1cc(Br)ccc1OCC(=O)N1CCOCC1. The number of benzene rings is 2. The van der Waals surface area contributed by atoms with Gasteiger partial charge in [0.15, 0.2) is 6.61 Å². The molecule has 1 saturated heterocycles. The van der Waals surface area contributed by atoms with Crippen molar-refractivity contribution in [1.82, 2.24) is 15.6 Å². The number of nitrogens with zero attached hydrogens (tertiary/aromatic N) is 2. The van der Waals surface area contributed by atoms with E-state index in [-0.39, 0.29) is 18.4 Å². The quantitative estimate of drug-likeness (QED) is 0.350. The van der Waals surface area contributed by atoms with E-state index in [9.17, 15) is 14.4 Å². The molecule has 1 aliphatic heterocycles. The van der Waals surface area contributed by atoms with Crippen LogP contribution in [0.4, 0.5) is 0 Å². The molecule has 0 radical (unpaired) electrons. The summed E-state index contributed by atoms with van der Waals surface area (Å²) in [5, 5.41) is 7.20. The van der Waals surface area contributed by atoms with Crippen molar-refractivity contribution in [3.05, 3.63) is 63.1 Å². The minimum Gasteiger partial charge on any atom is -0.483 e. The number of rotatable bonds is 9. The molecule has 0 spiro atoms. The first-order chi connectivity index (χ1) is 17.2. The molecule has 2 N–H and O–H groups in total. The van der Waals surface area contributed by atoms with Gasteiger partial charge in [-0.1, -0.05) is 47.4 Å². The van der Waals surface area contributed by atoms with Gasteiger partial charge in [0.05, 0.1) is 19.4 Å². The van der Waals surface area contributed by atoms with Crippen LogP contribution in [-0.4, -0.2) is 67.8 Å². The fourth-order valence-corrected chi connectivity index (χ4v) is 3.99. The van der Waals surface area contributed by atoms with Crippen LogP contribution >= 0.6 is 27.5 Å². The van der Waals surface area contributed by atoms with Crippen LogP contribution in [0.25, 0.3) is 0 Å². The maximum absolute atomic E-state index is 12.8. The van der Waals surface area contributed by atoms with Gasteiger partial charge in [0, 0.05) is 33.7 Å². The minimum atomic E-state index is -0.821. The molecule has 2 aromatic rings. The summed E-state index contributed by atoms with van der Waals surface area (Å²) >= 11 is 9.37. The highest BCUT2D eigenvalue weighted by molar-refractivity contribution is 9.10. The molecule has 36 heavy (non-hydrogen) atoms. The van der Waals surface area contributed by atoms with E-state index in [0.717, 1.165) is 4.47 Å². The molecular weight excluding hydrogens is 552 g/mol. The van der Waals surface area contributed by atoms with Crippen LogP contribution in [0.15, 0.2) is 52.0 Å². The fraction of sp³-hybridized carbons (Fsp3) is 0.360. The largest absolute Gasteiger partial charge is 0.483 e. The predicted octanol–water partition coefficient (Wildman–Crippen LogP) is 3.24. The van der Waals surface area contributed by atoms with E-state index in [4.69, 9.17) is 21.1 Å². The standard InChI is InChI=1S/C25H28BrClN4O5/c1-16(2)23(29-24(33)17-4-3-5-20(27)13-17)25(34)30-28-14-18-12-19(26)6-7-21(18)36-15-22(32)31-8-10-35-11-9-31/h3-7,12-14,16,23H,8-11,15H2,1-2H3,(H,29,33)(H,30,34). The second-order valence-electron chi connectivity index (χ2n) is 8.40. The van der Waals surface area contributed by atoms with Crippen molar-refractivity contribution in [2.45, 2.75) is 19.9 Å². The number of amides is 3. The zero-order valence-electron chi connectivity index (χ0n) is 20.0. The molecule has 0 bridgehead atoms. The molecule has 0 aliphatic carbocycles. The third-order valence-corrected chi connectivity index (χ3v) is 6.12. The zero-order chi connectivity index (χ0) is 26.1. The van der Waals surface area contributed by atoms with E-state index in [1.165, 1.54) is 12.3 Å². The van der Waals surface area contributed by atoms with E-state index in [1.54, 1.807) is 41.3 Å². The molecule has 1 aliphatic rings. The second-order valence-corrected chi connectivity index (χ2v) is 9.76. The van der Waals surface area contributed by atoms with E-state index in [0.29, 0.717) is 48.2 Å². The average Bonchev–Trinajstić information content (AvgIpc) is 2.86. The number of hydrazone groups is 1. The van der Waals surface area contributed by atoms with Gasteiger partial charge in [-0.25, -0.2) is 5.43 Å². The molecule has 2 aromatic carbocycles. The monoisotopic (exact) mass is 578 g/mol. The number of carbonyl (C=O) groups excluding carboxylic acids is 3. The van der Waals surface area contributed by atoms with Gasteiger partial charge in [0.2, 0.25) is 0 Å². The van der Waals surface area contributed by atoms with Crippen LogP contribution in [0.1, 0.15) is 29.8 Å². The fourth-order valence-electron chi connectivity index (χ4n) is 3.42. The van der Waals surface area contributed by atoms with E-state index >= 15 is 0 Å². The van der Waals surface area contributed by atoms with Crippen LogP contribution in [-0.2, 0) is 14.3 Å². The zero-order valence-corrected chi connectivity index (χ0v) is 22.3. The maximum atomic E-state index is 12.8. The molecule has 3 rings (SSSR count). The molecule has 3 amide bonds. The molecule has 11 heteroatoms. The summed E-state index contributed by atoms with van der Waals surface area (Å²) in [6.45, 7) is 5.61. The first-order valence-corrected chi connectivity index (χ1v) is 12.6. The summed E-state index contributed by atoms with van der Waals surface area (Å²) in [6, 6.07) is 10.9. The Labute approximate surface area is 223 Å². The molecule has 1 atom stereocenters.